The Balaban J connectivity index is 1.29. The van der Waals surface area contributed by atoms with Gasteiger partial charge in [-0.05, 0) is 72.5 Å². The van der Waals surface area contributed by atoms with Crippen LogP contribution in [0.15, 0.2) is 231 Å². The predicted molar refractivity (Wildman–Crippen MR) is 287 cm³/mol. The Hall–Kier alpha value is -9.06. The number of hydrogen-bond donors (Lipinski definition) is 0. The highest BCUT2D eigenvalue weighted by molar-refractivity contribution is 6.13. The normalized spacial score (nSPS) is 12.5. The molecule has 5 heterocycles. The number of aromatic nitrogens is 5. The smallest absolute Gasteiger partial charge is 0.163 e. The lowest BCUT2D eigenvalue weighted by Gasteiger charge is -2.27. The first-order valence-electron chi connectivity index (χ1n) is 23.8. The van der Waals surface area contributed by atoms with Crippen LogP contribution in [0.2, 0.25) is 0 Å². The van der Waals surface area contributed by atoms with Gasteiger partial charge in [0.15, 0.2) is 5.82 Å². The molecule has 69 heavy (non-hydrogen) atoms. The Morgan fingerprint density at radius 1 is 0.348 bits per heavy atom. The second-order valence-electron chi connectivity index (χ2n) is 18.0. The molecule has 13 aromatic rings. The maximum absolute atomic E-state index is 6.20. The minimum Gasteiger partial charge on any atom is -0.306 e. The van der Waals surface area contributed by atoms with Crippen LogP contribution in [0.4, 0.5) is 0 Å². The lowest BCUT2D eigenvalue weighted by molar-refractivity contribution is 0.950. The minimum absolute atomic E-state index is 0.840. The first-order valence-corrected chi connectivity index (χ1v) is 23.8. The Bertz CT molecular complexity index is 4010. The average molecular weight is 882 g/mol. The lowest BCUT2D eigenvalue weighted by atomic mass is 9.94. The van der Waals surface area contributed by atoms with Gasteiger partial charge in [0.2, 0.25) is 0 Å². The third-order valence-corrected chi connectivity index (χ3v) is 14.1. The van der Waals surface area contributed by atoms with Crippen LogP contribution >= 0.6 is 0 Å². The van der Waals surface area contributed by atoms with Gasteiger partial charge in [-0.2, -0.15) is 0 Å². The second kappa shape index (κ2) is 15.8. The van der Waals surface area contributed by atoms with Crippen molar-refractivity contribution >= 4 is 60.6 Å². The molecule has 8 aromatic carbocycles. The van der Waals surface area contributed by atoms with Gasteiger partial charge in [-0.15, -0.1) is 0 Å². The highest BCUT2D eigenvalue weighted by Gasteiger charge is 2.32. The number of nitrogens with zero attached hydrogens (tertiary/aromatic N) is 5. The van der Waals surface area contributed by atoms with Gasteiger partial charge in [0, 0.05) is 54.9 Å². The third-order valence-electron chi connectivity index (χ3n) is 14.1. The van der Waals surface area contributed by atoms with Gasteiger partial charge in [-0.25, -0.2) is 9.97 Å². The van der Waals surface area contributed by atoms with Gasteiger partial charge in [-0.1, -0.05) is 188 Å². The first-order chi connectivity index (χ1) is 34.3. The van der Waals surface area contributed by atoms with Crippen molar-refractivity contribution in [2.45, 2.75) is 12.8 Å². The molecule has 5 nitrogen and oxygen atoms in total. The molecule has 5 heteroatoms. The SMILES string of the molecule is C1=Cc2c(c3ccccc3n2-c2c(-n3c4ccccc4c4ccccc43)nc(-c3ccccc3)c(-n3c4ccccc4c4ccccc43)c2-c2cc(-c3ccccc3)nc(-c3ccccc3)c2)CC1. The second-order valence-corrected chi connectivity index (χ2v) is 18.0. The Morgan fingerprint density at radius 3 is 1.28 bits per heavy atom. The van der Waals surface area contributed by atoms with Crippen molar-refractivity contribution in [1.82, 2.24) is 23.7 Å². The standard InChI is InChI=1S/C64H43N5/c1-4-22-42(23-5-1)52-40-45(41-53(65-52)43-24-6-2-7-25-43)60-62(67-54-34-16-10-28-46(54)47-29-11-17-35-55(47)67)61(44-26-8-3-9-27-44)66-64(69-58-38-20-14-32-50(58)51-33-15-21-39-59(51)69)63(60)68-56-36-18-12-30-48(56)49-31-13-19-37-57(49)68/h1-12,14-30,32-41H,13,31H2. The molecule has 0 saturated carbocycles. The fraction of sp³-hybridized carbons (Fsp3) is 0.0312. The first kappa shape index (κ1) is 39.1. The van der Waals surface area contributed by atoms with Crippen molar-refractivity contribution in [3.8, 4) is 62.1 Å². The fourth-order valence-corrected chi connectivity index (χ4v) is 11.1. The van der Waals surface area contributed by atoms with Crippen molar-refractivity contribution in [2.24, 2.45) is 0 Å². The molecule has 324 valence electrons. The summed E-state index contributed by atoms with van der Waals surface area (Å²) in [5.74, 6) is 0.840. The molecule has 0 N–H and O–H groups in total. The average Bonchev–Trinajstić information content (AvgIpc) is 4.07. The summed E-state index contributed by atoms with van der Waals surface area (Å²) >= 11 is 0. The van der Waals surface area contributed by atoms with Crippen molar-refractivity contribution in [3.63, 3.8) is 0 Å². The fourth-order valence-electron chi connectivity index (χ4n) is 11.1. The number of fused-ring (bicyclic) bond motifs is 9. The van der Waals surface area contributed by atoms with Crippen LogP contribution in [0, 0.1) is 0 Å². The summed E-state index contributed by atoms with van der Waals surface area (Å²) in [5, 5.41) is 5.98. The summed E-state index contributed by atoms with van der Waals surface area (Å²) in [6, 6.07) is 80.9. The highest BCUT2D eigenvalue weighted by atomic mass is 15.2. The maximum atomic E-state index is 6.20. The molecule has 5 aromatic heterocycles. The molecule has 0 amide bonds. The molecule has 0 fully saturated rings. The number of rotatable bonds is 7. The van der Waals surface area contributed by atoms with Crippen LogP contribution in [0.3, 0.4) is 0 Å². The molecule has 1 aliphatic carbocycles. The van der Waals surface area contributed by atoms with Gasteiger partial charge >= 0.3 is 0 Å². The largest absolute Gasteiger partial charge is 0.306 e. The molecule has 14 rings (SSSR count). The minimum atomic E-state index is 0.840. The highest BCUT2D eigenvalue weighted by Crippen LogP contribution is 2.49. The predicted octanol–water partition coefficient (Wildman–Crippen LogP) is 16.2. The van der Waals surface area contributed by atoms with Gasteiger partial charge < -0.3 is 9.13 Å². The van der Waals surface area contributed by atoms with E-state index in [1.807, 2.05) is 0 Å². The molecule has 1 aliphatic rings. The summed E-state index contributed by atoms with van der Waals surface area (Å²) in [5.41, 5.74) is 17.9. The van der Waals surface area contributed by atoms with Crippen molar-refractivity contribution in [3.05, 3.63) is 242 Å². The monoisotopic (exact) mass is 881 g/mol. The molecule has 0 atom stereocenters. The number of pyridine rings is 2. The number of hydrogen-bond acceptors (Lipinski definition) is 2. The third kappa shape index (κ3) is 6.10. The van der Waals surface area contributed by atoms with E-state index in [-0.39, 0.29) is 0 Å². The zero-order valence-corrected chi connectivity index (χ0v) is 37.7. The van der Waals surface area contributed by atoms with E-state index in [4.69, 9.17) is 9.97 Å². The molecule has 0 radical (unpaired) electrons. The zero-order valence-electron chi connectivity index (χ0n) is 37.7. The van der Waals surface area contributed by atoms with Crippen LogP contribution in [0.25, 0.3) is 123 Å². The Kier molecular flexibility index (Phi) is 8.96. The number of allylic oxidation sites excluding steroid dienone is 1. The van der Waals surface area contributed by atoms with E-state index in [1.54, 1.807) is 0 Å². The Labute approximate surface area is 399 Å². The van der Waals surface area contributed by atoms with Crippen LogP contribution in [-0.2, 0) is 6.42 Å². The van der Waals surface area contributed by atoms with Crippen LogP contribution in [0.1, 0.15) is 17.7 Å². The molecule has 0 unspecified atom stereocenters. The van der Waals surface area contributed by atoms with Crippen molar-refractivity contribution in [2.75, 3.05) is 0 Å². The van der Waals surface area contributed by atoms with E-state index in [2.05, 4.69) is 250 Å². The van der Waals surface area contributed by atoms with Crippen LogP contribution in [-0.4, -0.2) is 23.7 Å². The molecule has 0 spiro atoms. The van der Waals surface area contributed by atoms with Crippen LogP contribution in [0.5, 0.6) is 0 Å². The van der Waals surface area contributed by atoms with Crippen LogP contribution < -0.4 is 0 Å². The maximum Gasteiger partial charge on any atom is 0.163 e. The summed E-state index contributed by atoms with van der Waals surface area (Å²) < 4.78 is 7.46. The lowest BCUT2D eigenvalue weighted by Crippen LogP contribution is -2.14. The van der Waals surface area contributed by atoms with E-state index in [1.165, 1.54) is 38.2 Å². The molecule has 0 bridgehead atoms. The van der Waals surface area contributed by atoms with Gasteiger partial charge in [0.05, 0.1) is 56.0 Å². The molecular formula is C64H43N5. The van der Waals surface area contributed by atoms with E-state index >= 15 is 0 Å². The van der Waals surface area contributed by atoms with Gasteiger partial charge in [-0.3, -0.25) is 4.57 Å². The summed E-state index contributed by atoms with van der Waals surface area (Å²) in [4.78, 5) is 11.7. The molecule has 0 aliphatic heterocycles. The van der Waals surface area contributed by atoms with Crippen molar-refractivity contribution < 1.29 is 0 Å². The molecule has 0 saturated heterocycles. The van der Waals surface area contributed by atoms with E-state index in [9.17, 15) is 0 Å². The summed E-state index contributed by atoms with van der Waals surface area (Å²) in [7, 11) is 0. The van der Waals surface area contributed by atoms with E-state index in [0.717, 1.165) is 103 Å². The quantitative estimate of drug-likeness (QED) is 0.160. The summed E-state index contributed by atoms with van der Waals surface area (Å²) in [6.45, 7) is 0. The van der Waals surface area contributed by atoms with Gasteiger partial charge in [0.25, 0.3) is 0 Å². The Morgan fingerprint density at radius 2 is 0.768 bits per heavy atom. The molecular weight excluding hydrogens is 839 g/mol. The number of benzene rings is 8. The number of para-hydroxylation sites is 5. The topological polar surface area (TPSA) is 40.6 Å². The summed E-state index contributed by atoms with van der Waals surface area (Å²) in [6.07, 6.45) is 6.61. The van der Waals surface area contributed by atoms with E-state index < -0.39 is 0 Å². The van der Waals surface area contributed by atoms with E-state index in [0.29, 0.717) is 0 Å². The van der Waals surface area contributed by atoms with Gasteiger partial charge in [0.1, 0.15) is 0 Å². The zero-order chi connectivity index (χ0) is 45.4. The van der Waals surface area contributed by atoms with Crippen molar-refractivity contribution in [1.29, 1.82) is 0 Å². The number of aryl methyl sites for hydroxylation is 1.